The monoisotopic (exact) mass is 458 g/mol. The predicted octanol–water partition coefficient (Wildman–Crippen LogP) is 5.00. The molecule has 0 atom stereocenters. The SMILES string of the molecule is O=C(Nc1cccc2c1CCCN2C(=O)c1ccn(-c2cccc(F)c2)n1)c1ccc(F)cc1. The van der Waals surface area contributed by atoms with Gasteiger partial charge in [0.25, 0.3) is 11.8 Å². The summed E-state index contributed by atoms with van der Waals surface area (Å²) in [5.74, 6) is -1.44. The van der Waals surface area contributed by atoms with Crippen molar-refractivity contribution in [3.63, 3.8) is 0 Å². The third-order valence-corrected chi connectivity index (χ3v) is 5.73. The van der Waals surface area contributed by atoms with E-state index in [2.05, 4.69) is 10.4 Å². The van der Waals surface area contributed by atoms with Crippen molar-refractivity contribution in [2.24, 2.45) is 0 Å². The summed E-state index contributed by atoms with van der Waals surface area (Å²) < 4.78 is 28.2. The van der Waals surface area contributed by atoms with E-state index in [0.717, 1.165) is 5.56 Å². The molecule has 34 heavy (non-hydrogen) atoms. The van der Waals surface area contributed by atoms with Crippen LogP contribution in [0.4, 0.5) is 20.2 Å². The first-order valence-electron chi connectivity index (χ1n) is 10.8. The molecule has 0 fully saturated rings. The van der Waals surface area contributed by atoms with E-state index in [4.69, 9.17) is 0 Å². The minimum atomic E-state index is -0.414. The van der Waals surface area contributed by atoms with Crippen LogP contribution in [0.15, 0.2) is 79.0 Å². The summed E-state index contributed by atoms with van der Waals surface area (Å²) in [6.45, 7) is 0.508. The van der Waals surface area contributed by atoms with Crippen LogP contribution < -0.4 is 10.2 Å². The lowest BCUT2D eigenvalue weighted by atomic mass is 9.99. The fourth-order valence-corrected chi connectivity index (χ4v) is 4.09. The van der Waals surface area contributed by atoms with Crippen LogP contribution in [0.25, 0.3) is 5.69 Å². The molecular formula is C26H20F2N4O2. The summed E-state index contributed by atoms with van der Waals surface area (Å²) in [7, 11) is 0. The molecule has 8 heteroatoms. The Kier molecular flexibility index (Phi) is 5.63. The summed E-state index contributed by atoms with van der Waals surface area (Å²) in [5, 5.41) is 7.23. The quantitative estimate of drug-likeness (QED) is 0.468. The number of amides is 2. The van der Waals surface area contributed by atoms with Gasteiger partial charge in [-0.3, -0.25) is 9.59 Å². The van der Waals surface area contributed by atoms with Crippen LogP contribution in [0.1, 0.15) is 32.8 Å². The summed E-state index contributed by atoms with van der Waals surface area (Å²) >= 11 is 0. The zero-order valence-electron chi connectivity index (χ0n) is 18.0. The number of aromatic nitrogens is 2. The van der Waals surface area contributed by atoms with Gasteiger partial charge in [0.15, 0.2) is 5.69 Å². The number of carbonyl (C=O) groups is 2. The van der Waals surface area contributed by atoms with E-state index >= 15 is 0 Å². The molecule has 2 amide bonds. The van der Waals surface area contributed by atoms with E-state index in [-0.39, 0.29) is 23.3 Å². The van der Waals surface area contributed by atoms with Gasteiger partial charge in [-0.25, -0.2) is 13.5 Å². The Balaban J connectivity index is 1.40. The van der Waals surface area contributed by atoms with Gasteiger partial charge >= 0.3 is 0 Å². The molecular weight excluding hydrogens is 438 g/mol. The molecule has 170 valence electrons. The second-order valence-electron chi connectivity index (χ2n) is 7.95. The van der Waals surface area contributed by atoms with Gasteiger partial charge in [0, 0.05) is 29.7 Å². The van der Waals surface area contributed by atoms with Crippen LogP contribution in [0.2, 0.25) is 0 Å². The fourth-order valence-electron chi connectivity index (χ4n) is 4.09. The zero-order chi connectivity index (χ0) is 23.7. The molecule has 2 heterocycles. The molecule has 1 N–H and O–H groups in total. The number of benzene rings is 3. The molecule has 1 aliphatic rings. The Bertz CT molecular complexity index is 1380. The molecule has 0 spiro atoms. The van der Waals surface area contributed by atoms with Crippen LogP contribution in [-0.4, -0.2) is 28.1 Å². The maximum absolute atomic E-state index is 13.6. The number of fused-ring (bicyclic) bond motifs is 1. The van der Waals surface area contributed by atoms with Crippen molar-refractivity contribution >= 4 is 23.2 Å². The zero-order valence-corrected chi connectivity index (χ0v) is 18.0. The topological polar surface area (TPSA) is 67.2 Å². The van der Waals surface area contributed by atoms with Gasteiger partial charge in [-0.1, -0.05) is 12.1 Å². The fraction of sp³-hybridized carbons (Fsp3) is 0.115. The largest absolute Gasteiger partial charge is 0.322 e. The Morgan fingerprint density at radius 3 is 2.50 bits per heavy atom. The molecule has 4 aromatic rings. The first kappa shape index (κ1) is 21.5. The van der Waals surface area contributed by atoms with Crippen LogP contribution >= 0.6 is 0 Å². The van der Waals surface area contributed by atoms with Crippen LogP contribution in [0.5, 0.6) is 0 Å². The molecule has 0 saturated carbocycles. The number of nitrogens with one attached hydrogen (secondary N) is 1. The number of rotatable bonds is 4. The number of hydrogen-bond acceptors (Lipinski definition) is 3. The minimum absolute atomic E-state index is 0.234. The van der Waals surface area contributed by atoms with Crippen molar-refractivity contribution < 1.29 is 18.4 Å². The van der Waals surface area contributed by atoms with Gasteiger partial charge in [0.05, 0.1) is 5.69 Å². The predicted molar refractivity (Wildman–Crippen MR) is 124 cm³/mol. The van der Waals surface area contributed by atoms with Gasteiger partial charge in [-0.15, -0.1) is 0 Å². The molecule has 0 bridgehead atoms. The highest BCUT2D eigenvalue weighted by Gasteiger charge is 2.27. The Hall–Kier alpha value is -4.33. The summed E-state index contributed by atoms with van der Waals surface area (Å²) in [4.78, 5) is 27.6. The van der Waals surface area contributed by atoms with E-state index < -0.39 is 5.82 Å². The van der Waals surface area contributed by atoms with Crippen molar-refractivity contribution in [3.05, 3.63) is 107 Å². The third kappa shape index (κ3) is 4.17. The first-order chi connectivity index (χ1) is 16.5. The van der Waals surface area contributed by atoms with E-state index in [9.17, 15) is 18.4 Å². The van der Waals surface area contributed by atoms with Crippen molar-refractivity contribution in [2.45, 2.75) is 12.8 Å². The highest BCUT2D eigenvalue weighted by molar-refractivity contribution is 6.08. The maximum atomic E-state index is 13.6. The number of anilines is 2. The number of hydrogen-bond donors (Lipinski definition) is 1. The molecule has 1 aliphatic heterocycles. The normalized spacial score (nSPS) is 12.8. The first-order valence-corrected chi connectivity index (χ1v) is 10.8. The highest BCUT2D eigenvalue weighted by atomic mass is 19.1. The number of halogens is 2. The smallest absolute Gasteiger partial charge is 0.278 e. The van der Waals surface area contributed by atoms with Gasteiger partial charge in [0.2, 0.25) is 0 Å². The van der Waals surface area contributed by atoms with Crippen LogP contribution in [0, 0.1) is 11.6 Å². The van der Waals surface area contributed by atoms with Gasteiger partial charge in [-0.2, -0.15) is 5.10 Å². The summed E-state index contributed by atoms with van der Waals surface area (Å²) in [6.07, 6.45) is 3.02. The molecule has 5 rings (SSSR count). The minimum Gasteiger partial charge on any atom is -0.322 e. The van der Waals surface area contributed by atoms with Crippen molar-refractivity contribution in [2.75, 3.05) is 16.8 Å². The lowest BCUT2D eigenvalue weighted by Gasteiger charge is -2.30. The van der Waals surface area contributed by atoms with Gasteiger partial charge in [-0.05, 0) is 79.1 Å². The standard InChI is InChI=1S/C26H20F2N4O2/c27-18-11-9-17(10-12-18)25(33)29-22-7-2-8-24-21(22)6-3-14-31(24)26(34)23-13-15-32(30-23)20-5-1-4-19(28)16-20/h1-2,4-5,7-13,15-16H,3,6,14H2,(H,29,33). The summed E-state index contributed by atoms with van der Waals surface area (Å²) in [5.41, 5.74) is 3.25. The Morgan fingerprint density at radius 1 is 0.912 bits per heavy atom. The molecule has 0 unspecified atom stereocenters. The second kappa shape index (κ2) is 8.90. The van der Waals surface area contributed by atoms with Crippen molar-refractivity contribution in [1.29, 1.82) is 0 Å². The number of nitrogens with zero attached hydrogens (tertiary/aromatic N) is 3. The lowest BCUT2D eigenvalue weighted by molar-refractivity contribution is 0.0979. The molecule has 0 radical (unpaired) electrons. The van der Waals surface area contributed by atoms with Crippen molar-refractivity contribution in [1.82, 2.24) is 9.78 Å². The van der Waals surface area contributed by atoms with E-state index in [1.54, 1.807) is 41.4 Å². The lowest BCUT2D eigenvalue weighted by Crippen LogP contribution is -2.36. The van der Waals surface area contributed by atoms with E-state index in [1.807, 2.05) is 6.07 Å². The Labute approximate surface area is 194 Å². The van der Waals surface area contributed by atoms with Crippen molar-refractivity contribution in [3.8, 4) is 5.69 Å². The van der Waals surface area contributed by atoms with Crippen LogP contribution in [-0.2, 0) is 6.42 Å². The number of carbonyl (C=O) groups excluding carboxylic acids is 2. The molecule has 3 aromatic carbocycles. The average Bonchev–Trinajstić information content (AvgIpc) is 3.34. The third-order valence-electron chi connectivity index (χ3n) is 5.73. The average molecular weight is 458 g/mol. The molecule has 1 aromatic heterocycles. The molecule has 0 saturated heterocycles. The highest BCUT2D eigenvalue weighted by Crippen LogP contribution is 2.34. The van der Waals surface area contributed by atoms with E-state index in [1.165, 1.54) is 41.1 Å². The second-order valence-corrected chi connectivity index (χ2v) is 7.95. The molecule has 6 nitrogen and oxygen atoms in total. The Morgan fingerprint density at radius 2 is 1.71 bits per heavy atom. The maximum Gasteiger partial charge on any atom is 0.278 e. The van der Waals surface area contributed by atoms with E-state index in [0.29, 0.717) is 42.0 Å². The van der Waals surface area contributed by atoms with Gasteiger partial charge < -0.3 is 10.2 Å². The molecule has 0 aliphatic carbocycles. The summed E-state index contributed by atoms with van der Waals surface area (Å²) in [6, 6.07) is 18.3. The van der Waals surface area contributed by atoms with Gasteiger partial charge in [0.1, 0.15) is 11.6 Å². The van der Waals surface area contributed by atoms with Crippen LogP contribution in [0.3, 0.4) is 0 Å².